The van der Waals surface area contributed by atoms with Crippen molar-refractivity contribution in [3.8, 4) is 0 Å². The van der Waals surface area contributed by atoms with Crippen LogP contribution in [0.3, 0.4) is 0 Å². The molecule has 18 heavy (non-hydrogen) atoms. The molecule has 0 bridgehead atoms. The number of nitrogens with one attached hydrogen (secondary N) is 1. The topological polar surface area (TPSA) is 28.2 Å². The van der Waals surface area contributed by atoms with E-state index in [0.717, 1.165) is 31.6 Å². The average Bonchev–Trinajstić information content (AvgIpc) is 2.65. The molecule has 0 saturated carbocycles. The van der Waals surface area contributed by atoms with Gasteiger partial charge in [0.2, 0.25) is 0 Å². The van der Waals surface area contributed by atoms with Gasteiger partial charge in [-0.3, -0.25) is 0 Å². The number of alkyl halides is 3. The summed E-state index contributed by atoms with van der Waals surface area (Å²) >= 11 is 0. The number of pyridine rings is 1. The predicted molar refractivity (Wildman–Crippen MR) is 64.2 cm³/mol. The number of rotatable bonds is 0. The number of hydrogen-bond acceptors (Lipinski definition) is 3. The van der Waals surface area contributed by atoms with Crippen LogP contribution in [-0.2, 0) is 12.6 Å². The third-order valence-electron chi connectivity index (χ3n) is 3.35. The smallest absolute Gasteiger partial charge is 0.351 e. The van der Waals surface area contributed by atoms with Crippen LogP contribution in [0.5, 0.6) is 0 Å². The molecule has 3 heterocycles. The van der Waals surface area contributed by atoms with Crippen molar-refractivity contribution >= 4 is 18.2 Å². The van der Waals surface area contributed by atoms with Crippen molar-refractivity contribution in [2.75, 3.05) is 24.5 Å². The fourth-order valence-corrected chi connectivity index (χ4v) is 2.54. The normalized spacial score (nSPS) is 22.2. The van der Waals surface area contributed by atoms with Crippen LogP contribution in [0.1, 0.15) is 11.1 Å². The van der Waals surface area contributed by atoms with E-state index in [2.05, 4.69) is 15.2 Å². The molecule has 1 aromatic heterocycles. The zero-order chi connectivity index (χ0) is 12.0. The lowest BCUT2D eigenvalue weighted by Gasteiger charge is -2.31. The number of fused-ring (bicyclic) bond motifs is 3. The monoisotopic (exact) mass is 279 g/mol. The number of hydrogen-bond donors (Lipinski definition) is 1. The Labute approximate surface area is 109 Å². The molecule has 0 spiro atoms. The van der Waals surface area contributed by atoms with E-state index in [4.69, 9.17) is 0 Å². The predicted octanol–water partition coefficient (Wildman–Crippen LogP) is 1.86. The Kier molecular flexibility index (Phi) is 3.42. The second-order valence-corrected chi connectivity index (χ2v) is 4.46. The van der Waals surface area contributed by atoms with Gasteiger partial charge in [-0.2, -0.15) is 13.2 Å². The summed E-state index contributed by atoms with van der Waals surface area (Å²) in [5, 5.41) is 3.24. The van der Waals surface area contributed by atoms with Crippen LogP contribution in [0.15, 0.2) is 12.3 Å². The minimum absolute atomic E-state index is 0. The largest absolute Gasteiger partial charge is 0.417 e. The molecule has 2 aliphatic rings. The number of halogens is 4. The van der Waals surface area contributed by atoms with Gasteiger partial charge in [-0.05, 0) is 18.1 Å². The standard InChI is InChI=1S/C11H12F3N3.ClH/c12-11(13,14)8-3-7-4-9-6-15-1-2-17(9)10(7)16-5-8;/h3,5,9,15H,1-2,4,6H2;1H. The first-order valence-electron chi connectivity index (χ1n) is 5.59. The summed E-state index contributed by atoms with van der Waals surface area (Å²) in [5.74, 6) is 0.726. The zero-order valence-corrected chi connectivity index (χ0v) is 10.3. The van der Waals surface area contributed by atoms with E-state index in [1.165, 1.54) is 6.07 Å². The lowest BCUT2D eigenvalue weighted by molar-refractivity contribution is -0.137. The van der Waals surface area contributed by atoms with E-state index in [9.17, 15) is 13.2 Å². The minimum atomic E-state index is -4.30. The molecule has 1 aromatic rings. The highest BCUT2D eigenvalue weighted by Crippen LogP contribution is 2.36. The molecule has 0 amide bonds. The molecule has 0 aromatic carbocycles. The number of anilines is 1. The van der Waals surface area contributed by atoms with Gasteiger partial charge in [-0.1, -0.05) is 0 Å². The molecule has 2 aliphatic heterocycles. The van der Waals surface area contributed by atoms with Crippen molar-refractivity contribution < 1.29 is 13.2 Å². The Morgan fingerprint density at radius 2 is 2.17 bits per heavy atom. The first-order chi connectivity index (χ1) is 8.05. The number of nitrogens with zero attached hydrogens (tertiary/aromatic N) is 2. The van der Waals surface area contributed by atoms with Crippen molar-refractivity contribution in [1.82, 2.24) is 10.3 Å². The van der Waals surface area contributed by atoms with Gasteiger partial charge in [0.25, 0.3) is 0 Å². The molecule has 1 saturated heterocycles. The maximum absolute atomic E-state index is 12.6. The van der Waals surface area contributed by atoms with Crippen LogP contribution in [0.4, 0.5) is 19.0 Å². The Balaban J connectivity index is 0.00000120. The van der Waals surface area contributed by atoms with E-state index in [0.29, 0.717) is 12.0 Å². The van der Waals surface area contributed by atoms with Crippen molar-refractivity contribution in [1.29, 1.82) is 0 Å². The summed E-state index contributed by atoms with van der Waals surface area (Å²) in [7, 11) is 0. The van der Waals surface area contributed by atoms with Gasteiger partial charge in [0.05, 0.1) is 5.56 Å². The van der Waals surface area contributed by atoms with Gasteiger partial charge in [0.15, 0.2) is 0 Å². The maximum Gasteiger partial charge on any atom is 0.417 e. The fraction of sp³-hybridized carbons (Fsp3) is 0.545. The molecule has 1 unspecified atom stereocenters. The van der Waals surface area contributed by atoms with E-state index in [1.54, 1.807) is 0 Å². The third kappa shape index (κ3) is 2.14. The first kappa shape index (κ1) is 13.4. The van der Waals surface area contributed by atoms with Gasteiger partial charge in [0, 0.05) is 31.9 Å². The summed E-state index contributed by atoms with van der Waals surface area (Å²) in [6.07, 6.45) is -2.72. The molecule has 1 N–H and O–H groups in total. The van der Waals surface area contributed by atoms with Crippen LogP contribution < -0.4 is 10.2 Å². The lowest BCUT2D eigenvalue weighted by atomic mass is 10.1. The van der Waals surface area contributed by atoms with Crippen LogP contribution in [0, 0.1) is 0 Å². The van der Waals surface area contributed by atoms with Crippen LogP contribution >= 0.6 is 12.4 Å². The lowest BCUT2D eigenvalue weighted by Crippen LogP contribution is -2.49. The SMILES string of the molecule is Cl.FC(F)(F)c1cnc2c(c1)CC1CNCCN21. The van der Waals surface area contributed by atoms with Crippen molar-refractivity contribution in [2.45, 2.75) is 18.6 Å². The van der Waals surface area contributed by atoms with E-state index in [1.807, 2.05) is 0 Å². The highest BCUT2D eigenvalue weighted by Gasteiger charge is 2.36. The van der Waals surface area contributed by atoms with Crippen molar-refractivity contribution in [3.63, 3.8) is 0 Å². The molecule has 7 heteroatoms. The molecule has 0 aliphatic carbocycles. The van der Waals surface area contributed by atoms with Crippen LogP contribution in [-0.4, -0.2) is 30.7 Å². The molecular weight excluding hydrogens is 267 g/mol. The highest BCUT2D eigenvalue weighted by atomic mass is 35.5. The molecule has 0 radical (unpaired) electrons. The summed E-state index contributed by atoms with van der Waals surface area (Å²) < 4.78 is 37.7. The van der Waals surface area contributed by atoms with E-state index >= 15 is 0 Å². The van der Waals surface area contributed by atoms with Gasteiger partial charge >= 0.3 is 6.18 Å². The maximum atomic E-state index is 12.6. The Morgan fingerprint density at radius 1 is 1.39 bits per heavy atom. The molecule has 3 nitrogen and oxygen atoms in total. The summed E-state index contributed by atoms with van der Waals surface area (Å²) in [5.41, 5.74) is 0.0672. The first-order valence-corrected chi connectivity index (χ1v) is 5.59. The van der Waals surface area contributed by atoms with Gasteiger partial charge < -0.3 is 10.2 Å². The zero-order valence-electron chi connectivity index (χ0n) is 9.50. The number of aromatic nitrogens is 1. The second-order valence-electron chi connectivity index (χ2n) is 4.46. The van der Waals surface area contributed by atoms with Crippen LogP contribution in [0.2, 0.25) is 0 Å². The number of piperazine rings is 1. The van der Waals surface area contributed by atoms with Gasteiger partial charge in [0.1, 0.15) is 5.82 Å². The van der Waals surface area contributed by atoms with E-state index < -0.39 is 11.7 Å². The second kappa shape index (κ2) is 4.59. The summed E-state index contributed by atoms with van der Waals surface area (Å²) in [4.78, 5) is 6.09. The molecular formula is C11H13ClF3N3. The third-order valence-corrected chi connectivity index (χ3v) is 3.35. The van der Waals surface area contributed by atoms with Gasteiger partial charge in [-0.15, -0.1) is 12.4 Å². The van der Waals surface area contributed by atoms with Crippen LogP contribution in [0.25, 0.3) is 0 Å². The Bertz CT molecular complexity index is 450. The summed E-state index contributed by atoms with van der Waals surface area (Å²) in [6.45, 7) is 2.49. The Morgan fingerprint density at radius 3 is 2.89 bits per heavy atom. The molecule has 100 valence electrons. The summed E-state index contributed by atoms with van der Waals surface area (Å²) in [6, 6.07) is 1.50. The highest BCUT2D eigenvalue weighted by molar-refractivity contribution is 5.85. The quantitative estimate of drug-likeness (QED) is 0.786. The molecule has 3 rings (SSSR count). The molecule has 1 atom stereocenters. The van der Waals surface area contributed by atoms with Crippen molar-refractivity contribution in [3.05, 3.63) is 23.4 Å². The van der Waals surface area contributed by atoms with E-state index in [-0.39, 0.29) is 18.4 Å². The Hall–Kier alpha value is -1.01. The minimum Gasteiger partial charge on any atom is -0.351 e. The van der Waals surface area contributed by atoms with Gasteiger partial charge in [-0.25, -0.2) is 4.98 Å². The fourth-order valence-electron chi connectivity index (χ4n) is 2.54. The van der Waals surface area contributed by atoms with Crippen molar-refractivity contribution in [2.24, 2.45) is 0 Å². The molecule has 1 fully saturated rings. The average molecular weight is 280 g/mol.